The topological polar surface area (TPSA) is 54.9 Å². The van der Waals surface area contributed by atoms with Gasteiger partial charge in [0.1, 0.15) is 0 Å². The van der Waals surface area contributed by atoms with Crippen molar-refractivity contribution in [3.63, 3.8) is 0 Å². The summed E-state index contributed by atoms with van der Waals surface area (Å²) in [5.41, 5.74) is 3.20. The van der Waals surface area contributed by atoms with Crippen LogP contribution in [0.15, 0.2) is 22.5 Å². The molecular formula is C17H21N3OS2. The summed E-state index contributed by atoms with van der Waals surface area (Å²) in [6.07, 6.45) is 4.26. The maximum Gasteiger partial charge on any atom is 0.206 e. The number of aryl methyl sites for hydroxylation is 2. The van der Waals surface area contributed by atoms with Crippen molar-refractivity contribution >= 4 is 34.0 Å². The lowest BCUT2D eigenvalue weighted by Crippen LogP contribution is -2.07. The SMILES string of the molecule is CCc1ccc(CC)c(C(=O)CSc2nnc(NC3CC3)s2)c1. The fourth-order valence-corrected chi connectivity index (χ4v) is 4.06. The van der Waals surface area contributed by atoms with E-state index in [0.29, 0.717) is 11.8 Å². The number of Topliss-reactive ketones (excluding diaryl/α,β-unsaturated/α-hetero) is 1. The molecule has 2 aromatic rings. The molecule has 1 aliphatic rings. The number of ketones is 1. The second kappa shape index (κ2) is 7.45. The molecule has 23 heavy (non-hydrogen) atoms. The second-order valence-electron chi connectivity index (χ2n) is 5.70. The zero-order valence-electron chi connectivity index (χ0n) is 13.5. The van der Waals surface area contributed by atoms with E-state index in [4.69, 9.17) is 0 Å². The first-order chi connectivity index (χ1) is 11.2. The summed E-state index contributed by atoms with van der Waals surface area (Å²) in [6.45, 7) is 4.20. The van der Waals surface area contributed by atoms with Crippen LogP contribution in [0, 0.1) is 0 Å². The molecule has 1 aliphatic carbocycles. The van der Waals surface area contributed by atoms with Gasteiger partial charge in [-0.3, -0.25) is 4.79 Å². The highest BCUT2D eigenvalue weighted by molar-refractivity contribution is 8.01. The number of rotatable bonds is 8. The minimum absolute atomic E-state index is 0.175. The van der Waals surface area contributed by atoms with Crippen molar-refractivity contribution in [2.45, 2.75) is 49.9 Å². The van der Waals surface area contributed by atoms with Crippen molar-refractivity contribution in [2.24, 2.45) is 0 Å². The minimum atomic E-state index is 0.175. The van der Waals surface area contributed by atoms with Crippen molar-refractivity contribution in [2.75, 3.05) is 11.1 Å². The van der Waals surface area contributed by atoms with Crippen LogP contribution in [0.1, 0.15) is 48.2 Å². The maximum absolute atomic E-state index is 12.6. The molecular weight excluding hydrogens is 326 g/mol. The van der Waals surface area contributed by atoms with Gasteiger partial charge in [-0.2, -0.15) is 0 Å². The normalized spacial score (nSPS) is 14.0. The second-order valence-corrected chi connectivity index (χ2v) is 7.90. The number of thioether (sulfide) groups is 1. The Hall–Kier alpha value is -1.40. The predicted octanol–water partition coefficient (Wildman–Crippen LogP) is 4.21. The number of carbonyl (C=O) groups excluding carboxylic acids is 1. The van der Waals surface area contributed by atoms with E-state index in [0.717, 1.165) is 33.4 Å². The van der Waals surface area contributed by atoms with E-state index < -0.39 is 0 Å². The molecule has 1 aromatic carbocycles. The van der Waals surface area contributed by atoms with E-state index in [1.807, 2.05) is 6.07 Å². The van der Waals surface area contributed by atoms with E-state index in [1.54, 1.807) is 0 Å². The lowest BCUT2D eigenvalue weighted by atomic mass is 9.98. The Balaban J connectivity index is 1.63. The Kier molecular flexibility index (Phi) is 5.33. The van der Waals surface area contributed by atoms with E-state index in [2.05, 4.69) is 41.5 Å². The van der Waals surface area contributed by atoms with Gasteiger partial charge in [-0.15, -0.1) is 10.2 Å². The fourth-order valence-electron chi connectivity index (χ4n) is 2.35. The third kappa shape index (κ3) is 4.32. The number of aromatic nitrogens is 2. The molecule has 1 heterocycles. The summed E-state index contributed by atoms with van der Waals surface area (Å²) in [7, 11) is 0. The van der Waals surface area contributed by atoms with Gasteiger partial charge in [-0.05, 0) is 42.9 Å². The number of hydrogen-bond acceptors (Lipinski definition) is 6. The summed E-state index contributed by atoms with van der Waals surface area (Å²) in [4.78, 5) is 12.6. The lowest BCUT2D eigenvalue weighted by molar-refractivity contribution is 0.102. The third-order valence-electron chi connectivity index (χ3n) is 3.90. The molecule has 122 valence electrons. The molecule has 6 heteroatoms. The standard InChI is InChI=1S/C17H21N3OS2/c1-3-11-5-6-12(4-2)14(9-11)15(21)10-22-17-20-19-16(23-17)18-13-7-8-13/h5-6,9,13H,3-4,7-8,10H2,1-2H3,(H,18,19). The van der Waals surface area contributed by atoms with Crippen LogP contribution >= 0.6 is 23.1 Å². The third-order valence-corrected chi connectivity index (χ3v) is 5.89. The Labute approximate surface area is 145 Å². The first-order valence-corrected chi connectivity index (χ1v) is 9.87. The Morgan fingerprint density at radius 3 is 2.83 bits per heavy atom. The number of nitrogens with one attached hydrogen (secondary N) is 1. The molecule has 0 atom stereocenters. The van der Waals surface area contributed by atoms with Crippen LogP contribution in [0.4, 0.5) is 5.13 Å². The molecule has 4 nitrogen and oxygen atoms in total. The Bertz CT molecular complexity index is 695. The number of carbonyl (C=O) groups is 1. The van der Waals surface area contributed by atoms with Crippen molar-refractivity contribution in [1.82, 2.24) is 10.2 Å². The summed E-state index contributed by atoms with van der Waals surface area (Å²) in [5.74, 6) is 0.590. The molecule has 0 unspecified atom stereocenters. The van der Waals surface area contributed by atoms with E-state index >= 15 is 0 Å². The van der Waals surface area contributed by atoms with Crippen LogP contribution in [0.3, 0.4) is 0 Å². The first kappa shape index (κ1) is 16.5. The molecule has 0 amide bonds. The van der Waals surface area contributed by atoms with Gasteiger partial charge in [0.2, 0.25) is 5.13 Å². The van der Waals surface area contributed by atoms with Crippen LogP contribution in [0.25, 0.3) is 0 Å². The van der Waals surface area contributed by atoms with Gasteiger partial charge in [0, 0.05) is 11.6 Å². The summed E-state index contributed by atoms with van der Waals surface area (Å²) in [6, 6.07) is 6.82. The average Bonchev–Trinajstić information content (AvgIpc) is 3.28. The largest absolute Gasteiger partial charge is 0.357 e. The molecule has 0 spiro atoms. The molecule has 1 N–H and O–H groups in total. The van der Waals surface area contributed by atoms with Crippen LogP contribution in [0.2, 0.25) is 0 Å². The average molecular weight is 348 g/mol. The quantitative estimate of drug-likeness (QED) is 0.572. The number of hydrogen-bond donors (Lipinski definition) is 1. The van der Waals surface area contributed by atoms with Gasteiger partial charge in [0.05, 0.1) is 5.75 Å². The molecule has 0 saturated heterocycles. The summed E-state index contributed by atoms with van der Waals surface area (Å²) < 4.78 is 0.853. The zero-order chi connectivity index (χ0) is 16.2. The number of benzene rings is 1. The summed E-state index contributed by atoms with van der Waals surface area (Å²) >= 11 is 3.01. The van der Waals surface area contributed by atoms with E-state index in [-0.39, 0.29) is 5.78 Å². The Morgan fingerprint density at radius 1 is 1.30 bits per heavy atom. The van der Waals surface area contributed by atoms with Crippen LogP contribution in [-0.4, -0.2) is 27.8 Å². The monoisotopic (exact) mass is 347 g/mol. The highest BCUT2D eigenvalue weighted by Crippen LogP contribution is 2.30. The van der Waals surface area contributed by atoms with Gasteiger partial charge in [0.25, 0.3) is 0 Å². The zero-order valence-corrected chi connectivity index (χ0v) is 15.1. The lowest BCUT2D eigenvalue weighted by Gasteiger charge is -2.08. The highest BCUT2D eigenvalue weighted by Gasteiger charge is 2.22. The molecule has 0 radical (unpaired) electrons. The predicted molar refractivity (Wildman–Crippen MR) is 96.8 cm³/mol. The molecule has 3 rings (SSSR count). The van der Waals surface area contributed by atoms with E-state index in [9.17, 15) is 4.79 Å². The maximum atomic E-state index is 12.6. The van der Waals surface area contributed by atoms with Crippen molar-refractivity contribution in [3.05, 3.63) is 34.9 Å². The van der Waals surface area contributed by atoms with Gasteiger partial charge in [0.15, 0.2) is 10.1 Å². The molecule has 1 fully saturated rings. The van der Waals surface area contributed by atoms with Crippen LogP contribution < -0.4 is 5.32 Å². The van der Waals surface area contributed by atoms with Crippen molar-refractivity contribution in [1.29, 1.82) is 0 Å². The van der Waals surface area contributed by atoms with Gasteiger partial charge < -0.3 is 5.32 Å². The van der Waals surface area contributed by atoms with Crippen LogP contribution in [-0.2, 0) is 12.8 Å². The smallest absolute Gasteiger partial charge is 0.206 e. The van der Waals surface area contributed by atoms with Gasteiger partial charge in [-0.1, -0.05) is 49.1 Å². The first-order valence-electron chi connectivity index (χ1n) is 8.07. The number of nitrogens with zero attached hydrogens (tertiary/aromatic N) is 2. The van der Waals surface area contributed by atoms with Gasteiger partial charge >= 0.3 is 0 Å². The van der Waals surface area contributed by atoms with Crippen molar-refractivity contribution < 1.29 is 4.79 Å². The minimum Gasteiger partial charge on any atom is -0.357 e. The van der Waals surface area contributed by atoms with Crippen LogP contribution in [0.5, 0.6) is 0 Å². The number of anilines is 1. The molecule has 0 aliphatic heterocycles. The summed E-state index contributed by atoms with van der Waals surface area (Å²) in [5, 5.41) is 12.5. The van der Waals surface area contributed by atoms with Gasteiger partial charge in [-0.25, -0.2) is 0 Å². The Morgan fingerprint density at radius 2 is 2.13 bits per heavy atom. The molecule has 1 aromatic heterocycles. The van der Waals surface area contributed by atoms with Crippen molar-refractivity contribution in [3.8, 4) is 0 Å². The molecule has 0 bridgehead atoms. The van der Waals surface area contributed by atoms with E-state index in [1.165, 1.54) is 41.5 Å². The highest BCUT2D eigenvalue weighted by atomic mass is 32.2. The molecule has 1 saturated carbocycles. The fraction of sp³-hybridized carbons (Fsp3) is 0.471.